The van der Waals surface area contributed by atoms with Crippen molar-refractivity contribution >= 4 is 15.9 Å². The molecule has 2 rings (SSSR count). The second-order valence-electron chi connectivity index (χ2n) is 5.26. The number of hydrogen-bond donors (Lipinski definition) is 2. The molecule has 2 heterocycles. The van der Waals surface area contributed by atoms with E-state index < -0.39 is 10.0 Å². The van der Waals surface area contributed by atoms with E-state index in [0.29, 0.717) is 24.3 Å². The summed E-state index contributed by atoms with van der Waals surface area (Å²) in [4.78, 5) is 18.2. The summed E-state index contributed by atoms with van der Waals surface area (Å²) in [5, 5.41) is 0. The molecule has 1 fully saturated rings. The van der Waals surface area contributed by atoms with Gasteiger partial charge in [0.25, 0.3) is 5.91 Å². The first-order valence-corrected chi connectivity index (χ1v) is 8.69. The molecular formula is C13H20N4O3S. The molecule has 0 atom stereocenters. The van der Waals surface area contributed by atoms with E-state index in [-0.39, 0.29) is 18.5 Å². The van der Waals surface area contributed by atoms with E-state index in [0.717, 1.165) is 19.1 Å². The molecule has 1 aromatic rings. The van der Waals surface area contributed by atoms with Crippen LogP contribution in [0.2, 0.25) is 0 Å². The number of hydrogen-bond acceptors (Lipinski definition) is 5. The zero-order valence-electron chi connectivity index (χ0n) is 11.9. The number of rotatable bonds is 4. The van der Waals surface area contributed by atoms with E-state index in [9.17, 15) is 13.2 Å². The highest BCUT2D eigenvalue weighted by Gasteiger charge is 2.21. The van der Waals surface area contributed by atoms with Gasteiger partial charge in [0, 0.05) is 30.9 Å². The Morgan fingerprint density at radius 3 is 2.76 bits per heavy atom. The highest BCUT2D eigenvalue weighted by atomic mass is 32.2. The maximum absolute atomic E-state index is 12.4. The lowest BCUT2D eigenvalue weighted by atomic mass is 10.1. The van der Waals surface area contributed by atoms with Crippen molar-refractivity contribution in [2.75, 3.05) is 19.3 Å². The number of nitrogens with two attached hydrogens (primary N) is 1. The Morgan fingerprint density at radius 1 is 1.48 bits per heavy atom. The Hall–Kier alpha value is -1.51. The summed E-state index contributed by atoms with van der Waals surface area (Å²) in [5.74, 6) is -0.0649. The van der Waals surface area contributed by atoms with Gasteiger partial charge in [-0.3, -0.25) is 9.78 Å². The fraction of sp³-hybridized carbons (Fsp3) is 0.538. The average molecular weight is 312 g/mol. The van der Waals surface area contributed by atoms with Crippen LogP contribution >= 0.6 is 0 Å². The molecule has 7 nitrogen and oxygen atoms in total. The topological polar surface area (TPSA) is 105 Å². The fourth-order valence-electron chi connectivity index (χ4n) is 2.20. The van der Waals surface area contributed by atoms with E-state index in [1.54, 1.807) is 17.0 Å². The van der Waals surface area contributed by atoms with Crippen molar-refractivity contribution in [3.05, 3.63) is 29.6 Å². The minimum Gasteiger partial charge on any atom is -0.339 e. The molecule has 0 bridgehead atoms. The smallest absolute Gasteiger partial charge is 0.253 e. The molecule has 1 aromatic heterocycles. The number of likely N-dealkylation sites (tertiary alicyclic amines) is 1. The first-order valence-electron chi connectivity index (χ1n) is 6.79. The second-order valence-corrected chi connectivity index (χ2v) is 7.09. The minimum atomic E-state index is -3.28. The molecule has 1 amide bonds. The quantitative estimate of drug-likeness (QED) is 0.793. The van der Waals surface area contributed by atoms with Crippen LogP contribution in [0.5, 0.6) is 0 Å². The number of nitrogens with one attached hydrogen (secondary N) is 1. The van der Waals surface area contributed by atoms with Crippen molar-refractivity contribution in [1.29, 1.82) is 0 Å². The van der Waals surface area contributed by atoms with Crippen LogP contribution in [-0.2, 0) is 16.6 Å². The Kier molecular flexibility index (Phi) is 4.92. The number of nitrogens with zero attached hydrogens (tertiary/aromatic N) is 2. The summed E-state index contributed by atoms with van der Waals surface area (Å²) in [6, 6.07) is 3.43. The average Bonchev–Trinajstić information content (AvgIpc) is 2.45. The second kappa shape index (κ2) is 6.50. The number of piperidine rings is 1. The predicted molar refractivity (Wildman–Crippen MR) is 79.0 cm³/mol. The molecule has 0 radical (unpaired) electrons. The third-order valence-electron chi connectivity index (χ3n) is 3.41. The fourth-order valence-corrected chi connectivity index (χ4v) is 2.61. The van der Waals surface area contributed by atoms with Crippen LogP contribution in [-0.4, -0.2) is 49.6 Å². The lowest BCUT2D eigenvalue weighted by Gasteiger charge is -2.30. The van der Waals surface area contributed by atoms with Gasteiger partial charge in [-0.2, -0.15) is 0 Å². The highest BCUT2D eigenvalue weighted by Crippen LogP contribution is 2.13. The summed E-state index contributed by atoms with van der Waals surface area (Å²) in [7, 11) is -3.28. The molecule has 1 aliphatic heterocycles. The summed E-state index contributed by atoms with van der Waals surface area (Å²) in [5.41, 5.74) is 6.86. The van der Waals surface area contributed by atoms with Crippen molar-refractivity contribution in [2.45, 2.75) is 25.4 Å². The van der Waals surface area contributed by atoms with Gasteiger partial charge in [-0.1, -0.05) is 0 Å². The van der Waals surface area contributed by atoms with Gasteiger partial charge in [-0.15, -0.1) is 0 Å². The molecule has 1 saturated heterocycles. The van der Waals surface area contributed by atoms with Crippen LogP contribution in [0.1, 0.15) is 28.9 Å². The third-order valence-corrected chi connectivity index (χ3v) is 4.07. The number of sulfonamides is 1. The predicted octanol–water partition coefficient (Wildman–Crippen LogP) is -0.306. The number of aromatic nitrogens is 1. The van der Waals surface area contributed by atoms with E-state index in [2.05, 4.69) is 9.71 Å². The van der Waals surface area contributed by atoms with E-state index >= 15 is 0 Å². The molecular weight excluding hydrogens is 292 g/mol. The maximum atomic E-state index is 12.4. The summed E-state index contributed by atoms with van der Waals surface area (Å²) >= 11 is 0. The Bertz CT molecular complexity index is 610. The van der Waals surface area contributed by atoms with Gasteiger partial charge in [0.1, 0.15) is 0 Å². The number of carbonyl (C=O) groups is 1. The SMILES string of the molecule is CS(=O)(=O)NCc1cc(C(=O)N2CCC(N)CC2)ccn1. The van der Waals surface area contributed by atoms with Crippen molar-refractivity contribution in [3.8, 4) is 0 Å². The van der Waals surface area contributed by atoms with Crippen LogP contribution in [0.4, 0.5) is 0 Å². The Labute approximate surface area is 124 Å². The molecule has 0 aliphatic carbocycles. The summed E-state index contributed by atoms with van der Waals surface area (Å²) in [6.07, 6.45) is 4.21. The summed E-state index contributed by atoms with van der Waals surface area (Å²) in [6.45, 7) is 1.38. The molecule has 0 aromatic carbocycles. The largest absolute Gasteiger partial charge is 0.339 e. The number of amides is 1. The van der Waals surface area contributed by atoms with Crippen LogP contribution < -0.4 is 10.5 Å². The van der Waals surface area contributed by atoms with Crippen LogP contribution in [0.3, 0.4) is 0 Å². The van der Waals surface area contributed by atoms with Gasteiger partial charge in [0.05, 0.1) is 18.5 Å². The summed E-state index contributed by atoms with van der Waals surface area (Å²) < 4.78 is 24.5. The van der Waals surface area contributed by atoms with Gasteiger partial charge in [-0.05, 0) is 25.0 Å². The van der Waals surface area contributed by atoms with Crippen LogP contribution in [0.25, 0.3) is 0 Å². The standard InChI is InChI=1S/C13H20N4O3S/c1-21(19,20)16-9-12-8-10(2-5-15-12)13(18)17-6-3-11(14)4-7-17/h2,5,8,11,16H,3-4,6-7,9,14H2,1H3. The molecule has 3 N–H and O–H groups in total. The van der Waals surface area contributed by atoms with Crippen molar-refractivity contribution in [3.63, 3.8) is 0 Å². The van der Waals surface area contributed by atoms with Gasteiger partial charge in [-0.25, -0.2) is 13.1 Å². The third kappa shape index (κ3) is 4.76. The molecule has 0 unspecified atom stereocenters. The Morgan fingerprint density at radius 2 is 2.14 bits per heavy atom. The van der Waals surface area contributed by atoms with Crippen LogP contribution in [0, 0.1) is 0 Å². The van der Waals surface area contributed by atoms with Gasteiger partial charge in [0.2, 0.25) is 10.0 Å². The van der Waals surface area contributed by atoms with Gasteiger partial charge >= 0.3 is 0 Å². The molecule has 8 heteroatoms. The first kappa shape index (κ1) is 15.9. The molecule has 0 saturated carbocycles. The van der Waals surface area contributed by atoms with Crippen LogP contribution in [0.15, 0.2) is 18.3 Å². The molecule has 116 valence electrons. The lowest BCUT2D eigenvalue weighted by molar-refractivity contribution is 0.0714. The van der Waals surface area contributed by atoms with Gasteiger partial charge < -0.3 is 10.6 Å². The van der Waals surface area contributed by atoms with Crippen molar-refractivity contribution in [1.82, 2.24) is 14.6 Å². The zero-order valence-corrected chi connectivity index (χ0v) is 12.8. The first-order chi connectivity index (χ1) is 9.85. The lowest BCUT2D eigenvalue weighted by Crippen LogP contribution is -2.42. The van der Waals surface area contributed by atoms with Crippen molar-refractivity contribution in [2.24, 2.45) is 5.73 Å². The molecule has 0 spiro atoms. The Balaban J connectivity index is 2.04. The monoisotopic (exact) mass is 312 g/mol. The zero-order chi connectivity index (χ0) is 15.5. The minimum absolute atomic E-state index is 0.0649. The van der Waals surface area contributed by atoms with E-state index in [4.69, 9.17) is 5.73 Å². The van der Waals surface area contributed by atoms with E-state index in [1.165, 1.54) is 6.20 Å². The number of pyridine rings is 1. The maximum Gasteiger partial charge on any atom is 0.253 e. The molecule has 21 heavy (non-hydrogen) atoms. The highest BCUT2D eigenvalue weighted by molar-refractivity contribution is 7.88. The molecule has 1 aliphatic rings. The normalized spacial score (nSPS) is 17.0. The van der Waals surface area contributed by atoms with Crippen molar-refractivity contribution < 1.29 is 13.2 Å². The van der Waals surface area contributed by atoms with E-state index in [1.807, 2.05) is 0 Å². The number of carbonyl (C=O) groups excluding carboxylic acids is 1. The van der Waals surface area contributed by atoms with Gasteiger partial charge in [0.15, 0.2) is 0 Å².